The van der Waals surface area contributed by atoms with Crippen molar-refractivity contribution in [3.63, 3.8) is 0 Å². The Bertz CT molecular complexity index is 713. The van der Waals surface area contributed by atoms with Gasteiger partial charge in [0.05, 0.1) is 0 Å². The van der Waals surface area contributed by atoms with Crippen LogP contribution in [0.15, 0.2) is 24.3 Å². The summed E-state index contributed by atoms with van der Waals surface area (Å²) in [7, 11) is 0. The van der Waals surface area contributed by atoms with Gasteiger partial charge in [0.2, 0.25) is 0 Å². The van der Waals surface area contributed by atoms with Gasteiger partial charge >= 0.3 is 0 Å². The number of unbranched alkanes of at least 4 members (excludes halogenated alkanes) is 2. The van der Waals surface area contributed by atoms with Gasteiger partial charge in [0.1, 0.15) is 11.5 Å². The lowest BCUT2D eigenvalue weighted by Gasteiger charge is -2.24. The molecule has 0 fully saturated rings. The Morgan fingerprint density at radius 1 is 0.679 bits per heavy atom. The fourth-order valence-electron chi connectivity index (χ4n) is 4.20. The molecule has 0 aromatic heterocycles. The molecule has 2 aromatic rings. The van der Waals surface area contributed by atoms with Gasteiger partial charge in [-0.2, -0.15) is 0 Å². The van der Waals surface area contributed by atoms with Crippen LogP contribution in [-0.2, 0) is 12.8 Å². The lowest BCUT2D eigenvalue weighted by molar-refractivity contribution is 0.463. The molecule has 0 atom stereocenters. The zero-order chi connectivity index (χ0) is 20.7. The van der Waals surface area contributed by atoms with Gasteiger partial charge in [-0.25, -0.2) is 0 Å². The first-order chi connectivity index (χ1) is 13.4. The molecule has 28 heavy (non-hydrogen) atoms. The summed E-state index contributed by atoms with van der Waals surface area (Å²) in [5, 5.41) is 21.2. The number of phenolic OH excluding ortho intramolecular Hbond substituents is 2. The van der Waals surface area contributed by atoms with Crippen molar-refractivity contribution in [2.75, 3.05) is 0 Å². The Morgan fingerprint density at radius 3 is 1.46 bits per heavy atom. The number of phenols is 2. The van der Waals surface area contributed by atoms with Crippen molar-refractivity contribution in [3.8, 4) is 11.5 Å². The maximum Gasteiger partial charge on any atom is 0.119 e. The van der Waals surface area contributed by atoms with Gasteiger partial charge in [0, 0.05) is 5.92 Å². The van der Waals surface area contributed by atoms with Crippen LogP contribution < -0.4 is 0 Å². The molecule has 2 N–H and O–H groups in total. The van der Waals surface area contributed by atoms with Crippen molar-refractivity contribution in [2.24, 2.45) is 0 Å². The van der Waals surface area contributed by atoms with Crippen LogP contribution >= 0.6 is 0 Å². The van der Waals surface area contributed by atoms with E-state index in [0.717, 1.165) is 62.5 Å². The third-order valence-corrected chi connectivity index (χ3v) is 5.86. The zero-order valence-corrected chi connectivity index (χ0v) is 18.4. The third kappa shape index (κ3) is 5.31. The Labute approximate surface area is 171 Å². The summed E-state index contributed by atoms with van der Waals surface area (Å²) in [6.45, 7) is 10.8. The molecule has 0 saturated heterocycles. The van der Waals surface area contributed by atoms with E-state index in [0.29, 0.717) is 11.5 Å². The molecular formula is C26H38O2. The first kappa shape index (κ1) is 22.3. The Kier molecular flexibility index (Phi) is 8.41. The summed E-state index contributed by atoms with van der Waals surface area (Å²) in [5.74, 6) is 1.02. The van der Waals surface area contributed by atoms with E-state index >= 15 is 0 Å². The SMILES string of the molecule is CCCCc1cc(C)c(C(CCC)c2cc(O)c(CCCC)cc2C)cc1O. The Hall–Kier alpha value is -1.96. The molecule has 0 amide bonds. The molecule has 2 rings (SSSR count). The van der Waals surface area contributed by atoms with Crippen LogP contribution in [0.2, 0.25) is 0 Å². The minimum atomic E-state index is 0.197. The van der Waals surface area contributed by atoms with E-state index in [1.807, 2.05) is 12.1 Å². The highest BCUT2D eigenvalue weighted by Gasteiger charge is 2.21. The van der Waals surface area contributed by atoms with Crippen LogP contribution in [-0.4, -0.2) is 10.2 Å². The van der Waals surface area contributed by atoms with Gasteiger partial charge in [-0.1, -0.05) is 52.2 Å². The second kappa shape index (κ2) is 10.5. The highest BCUT2D eigenvalue weighted by atomic mass is 16.3. The molecule has 0 radical (unpaired) electrons. The number of aryl methyl sites for hydroxylation is 4. The summed E-state index contributed by atoms with van der Waals surface area (Å²) >= 11 is 0. The van der Waals surface area contributed by atoms with Crippen molar-refractivity contribution in [1.82, 2.24) is 0 Å². The lowest BCUT2D eigenvalue weighted by atomic mass is 9.81. The van der Waals surface area contributed by atoms with Gasteiger partial charge in [-0.05, 0) is 91.5 Å². The number of benzene rings is 2. The molecule has 0 heterocycles. The predicted octanol–water partition coefficient (Wildman–Crippen LogP) is 7.33. The smallest absolute Gasteiger partial charge is 0.119 e. The molecule has 0 aliphatic carbocycles. The maximum atomic E-state index is 10.6. The van der Waals surface area contributed by atoms with Crippen LogP contribution in [0.25, 0.3) is 0 Å². The van der Waals surface area contributed by atoms with Crippen molar-refractivity contribution >= 4 is 0 Å². The van der Waals surface area contributed by atoms with Crippen molar-refractivity contribution < 1.29 is 10.2 Å². The number of hydrogen-bond acceptors (Lipinski definition) is 2. The van der Waals surface area contributed by atoms with Crippen LogP contribution in [0.5, 0.6) is 11.5 Å². The summed E-state index contributed by atoms with van der Waals surface area (Å²) in [6, 6.07) is 8.27. The predicted molar refractivity (Wildman–Crippen MR) is 120 cm³/mol. The Balaban J connectivity index is 2.46. The monoisotopic (exact) mass is 382 g/mol. The first-order valence-electron chi connectivity index (χ1n) is 11.1. The van der Waals surface area contributed by atoms with E-state index < -0.39 is 0 Å². The number of rotatable bonds is 10. The molecule has 0 bridgehead atoms. The summed E-state index contributed by atoms with van der Waals surface area (Å²) < 4.78 is 0. The van der Waals surface area contributed by atoms with Gasteiger partial charge in [-0.3, -0.25) is 0 Å². The van der Waals surface area contributed by atoms with Crippen molar-refractivity contribution in [3.05, 3.63) is 57.6 Å². The minimum absolute atomic E-state index is 0.197. The molecule has 154 valence electrons. The second-order valence-electron chi connectivity index (χ2n) is 8.22. The van der Waals surface area contributed by atoms with E-state index in [4.69, 9.17) is 0 Å². The summed E-state index contributed by atoms with van der Waals surface area (Å²) in [5.41, 5.74) is 6.93. The average Bonchev–Trinajstić information content (AvgIpc) is 2.67. The molecule has 0 aliphatic heterocycles. The Morgan fingerprint density at radius 2 is 1.11 bits per heavy atom. The van der Waals surface area contributed by atoms with Crippen molar-refractivity contribution in [2.45, 2.75) is 91.9 Å². The maximum absolute atomic E-state index is 10.6. The van der Waals surface area contributed by atoms with E-state index in [1.54, 1.807) is 0 Å². The molecule has 0 unspecified atom stereocenters. The summed E-state index contributed by atoms with van der Waals surface area (Å²) in [6.07, 6.45) is 8.35. The molecular weight excluding hydrogens is 344 g/mol. The fraction of sp³-hybridized carbons (Fsp3) is 0.538. The van der Waals surface area contributed by atoms with Crippen LogP contribution in [0.3, 0.4) is 0 Å². The normalized spacial score (nSPS) is 11.4. The second-order valence-corrected chi connectivity index (χ2v) is 8.22. The molecule has 0 saturated carbocycles. The first-order valence-corrected chi connectivity index (χ1v) is 11.1. The molecule has 2 aromatic carbocycles. The largest absolute Gasteiger partial charge is 0.508 e. The highest BCUT2D eigenvalue weighted by molar-refractivity contribution is 5.50. The zero-order valence-electron chi connectivity index (χ0n) is 18.4. The van der Waals surface area contributed by atoms with Crippen LogP contribution in [0.1, 0.15) is 98.6 Å². The van der Waals surface area contributed by atoms with Crippen LogP contribution in [0.4, 0.5) is 0 Å². The average molecular weight is 383 g/mol. The molecule has 2 heteroatoms. The molecule has 2 nitrogen and oxygen atoms in total. The minimum Gasteiger partial charge on any atom is -0.508 e. The summed E-state index contributed by atoms with van der Waals surface area (Å²) in [4.78, 5) is 0. The number of hydrogen-bond donors (Lipinski definition) is 2. The van der Waals surface area contributed by atoms with E-state index in [1.165, 1.54) is 22.3 Å². The quantitative estimate of drug-likeness (QED) is 0.451. The number of aromatic hydroxyl groups is 2. The van der Waals surface area contributed by atoms with Gasteiger partial charge in [0.25, 0.3) is 0 Å². The van der Waals surface area contributed by atoms with Crippen LogP contribution in [0, 0.1) is 13.8 Å². The molecule has 0 spiro atoms. The fourth-order valence-corrected chi connectivity index (χ4v) is 4.20. The van der Waals surface area contributed by atoms with Gasteiger partial charge in [0.15, 0.2) is 0 Å². The third-order valence-electron chi connectivity index (χ3n) is 5.86. The highest BCUT2D eigenvalue weighted by Crippen LogP contribution is 2.39. The van der Waals surface area contributed by atoms with Crippen molar-refractivity contribution in [1.29, 1.82) is 0 Å². The van der Waals surface area contributed by atoms with Gasteiger partial charge < -0.3 is 10.2 Å². The van der Waals surface area contributed by atoms with E-state index in [2.05, 4.69) is 46.8 Å². The van der Waals surface area contributed by atoms with E-state index in [-0.39, 0.29) is 5.92 Å². The molecule has 0 aliphatic rings. The topological polar surface area (TPSA) is 40.5 Å². The lowest BCUT2D eigenvalue weighted by Crippen LogP contribution is -2.07. The van der Waals surface area contributed by atoms with E-state index in [9.17, 15) is 10.2 Å². The standard InChI is InChI=1S/C26H38O2/c1-6-9-12-20-14-18(4)23(16-25(20)27)22(11-8-3)24-17-26(28)21(13-10-7-2)15-19(24)5/h14-17,22,27-28H,6-13H2,1-5H3. The van der Waals surface area contributed by atoms with Gasteiger partial charge in [-0.15, -0.1) is 0 Å².